The van der Waals surface area contributed by atoms with Crippen LogP contribution in [0.15, 0.2) is 36.5 Å². The van der Waals surface area contributed by atoms with Crippen molar-refractivity contribution in [3.63, 3.8) is 0 Å². The molecule has 2 aromatic rings. The maximum atomic E-state index is 11.0. The average Bonchev–Trinajstić information content (AvgIpc) is 2.81. The lowest BCUT2D eigenvalue weighted by Crippen LogP contribution is -2.34. The third-order valence-electron chi connectivity index (χ3n) is 4.33. The highest BCUT2D eigenvalue weighted by atomic mass is 35.5. The fraction of sp³-hybridized carbons (Fsp3) is 0.438. The van der Waals surface area contributed by atoms with Crippen LogP contribution in [0.4, 0.5) is 0 Å². The molecule has 0 bridgehead atoms. The van der Waals surface area contributed by atoms with Crippen LogP contribution in [0.3, 0.4) is 0 Å². The van der Waals surface area contributed by atoms with Crippen LogP contribution in [0.1, 0.15) is 44.1 Å². The van der Waals surface area contributed by atoms with Gasteiger partial charge in [-0.15, -0.1) is 0 Å². The Bertz CT molecular complexity index is 542. The van der Waals surface area contributed by atoms with E-state index in [0.717, 1.165) is 18.4 Å². The molecule has 0 fully saturated rings. The van der Waals surface area contributed by atoms with Gasteiger partial charge in [0.05, 0.1) is 16.9 Å². The average molecular weight is 293 g/mol. The predicted octanol–water partition coefficient (Wildman–Crippen LogP) is 3.86. The van der Waals surface area contributed by atoms with Gasteiger partial charge < -0.3 is 5.11 Å². The fourth-order valence-corrected chi connectivity index (χ4v) is 3.23. The van der Waals surface area contributed by atoms with Gasteiger partial charge in [0, 0.05) is 12.5 Å². The van der Waals surface area contributed by atoms with Gasteiger partial charge in [0.25, 0.3) is 0 Å². The van der Waals surface area contributed by atoms with Gasteiger partial charge in [0.1, 0.15) is 6.10 Å². The minimum absolute atomic E-state index is 0.349. The van der Waals surface area contributed by atoms with Crippen molar-refractivity contribution < 1.29 is 5.11 Å². The van der Waals surface area contributed by atoms with Crippen LogP contribution in [-0.4, -0.2) is 14.9 Å². The first-order valence-electron chi connectivity index (χ1n) is 6.97. The molecule has 1 atom stereocenters. The molecular weight excluding hydrogens is 272 g/mol. The van der Waals surface area contributed by atoms with Crippen LogP contribution in [0.5, 0.6) is 0 Å². The summed E-state index contributed by atoms with van der Waals surface area (Å²) in [4.78, 5) is 0. The van der Waals surface area contributed by atoms with Gasteiger partial charge in [0.15, 0.2) is 0 Å². The summed E-state index contributed by atoms with van der Waals surface area (Å²) < 4.78 is 1.66. The normalized spacial score (nSPS) is 13.4. The lowest BCUT2D eigenvalue weighted by molar-refractivity contribution is 0.0657. The molecule has 4 heteroatoms. The summed E-state index contributed by atoms with van der Waals surface area (Å²) >= 11 is 6.20. The largest absolute Gasteiger partial charge is 0.386 e. The van der Waals surface area contributed by atoms with E-state index < -0.39 is 6.10 Å². The fourth-order valence-electron chi connectivity index (χ4n) is 2.96. The van der Waals surface area contributed by atoms with E-state index in [9.17, 15) is 5.11 Å². The first kappa shape index (κ1) is 15.1. The van der Waals surface area contributed by atoms with Gasteiger partial charge in [-0.1, -0.05) is 55.8 Å². The summed E-state index contributed by atoms with van der Waals surface area (Å²) in [5.74, 6) is 0. The van der Waals surface area contributed by atoms with Crippen LogP contribution in [-0.2, 0) is 12.5 Å². The van der Waals surface area contributed by atoms with Gasteiger partial charge in [0.2, 0.25) is 0 Å². The van der Waals surface area contributed by atoms with Crippen LogP contribution in [0.25, 0.3) is 0 Å². The molecule has 1 heterocycles. The summed E-state index contributed by atoms with van der Waals surface area (Å²) in [7, 11) is 1.81. The third kappa shape index (κ3) is 2.36. The highest BCUT2D eigenvalue weighted by Crippen LogP contribution is 2.44. The summed E-state index contributed by atoms with van der Waals surface area (Å²) in [5.41, 5.74) is 1.47. The van der Waals surface area contributed by atoms with E-state index in [4.69, 9.17) is 11.6 Å². The zero-order chi connectivity index (χ0) is 14.8. The molecule has 0 aliphatic carbocycles. The van der Waals surface area contributed by atoms with Gasteiger partial charge in [-0.25, -0.2) is 0 Å². The number of hydrogen-bond donors (Lipinski definition) is 1. The lowest BCUT2D eigenvalue weighted by atomic mass is 9.70. The van der Waals surface area contributed by atoms with E-state index in [1.807, 2.05) is 25.2 Å². The van der Waals surface area contributed by atoms with E-state index in [0.29, 0.717) is 10.7 Å². The number of benzene rings is 1. The summed E-state index contributed by atoms with van der Waals surface area (Å²) in [6, 6.07) is 10.1. The highest BCUT2D eigenvalue weighted by Gasteiger charge is 2.39. The number of halogens is 1. The summed E-state index contributed by atoms with van der Waals surface area (Å²) in [5, 5.41) is 15.6. The minimum atomic E-state index is -0.681. The standard InChI is InChI=1S/C16H21ClN2O/c1-4-16(5-2,12-9-7-6-8-10-12)15(20)14-13(17)11-18-19(14)3/h6-11,15,20H,4-5H2,1-3H3. The van der Waals surface area contributed by atoms with E-state index in [2.05, 4.69) is 31.1 Å². The van der Waals surface area contributed by atoms with E-state index >= 15 is 0 Å². The number of aliphatic hydroxyl groups excluding tert-OH is 1. The molecule has 108 valence electrons. The van der Waals surface area contributed by atoms with Crippen LogP contribution in [0, 0.1) is 0 Å². The maximum Gasteiger partial charge on any atom is 0.107 e. The molecule has 20 heavy (non-hydrogen) atoms. The molecule has 1 aromatic heterocycles. The van der Waals surface area contributed by atoms with Crippen LogP contribution in [0.2, 0.25) is 5.02 Å². The zero-order valence-electron chi connectivity index (χ0n) is 12.2. The molecule has 1 N–H and O–H groups in total. The Balaban J connectivity index is 2.54. The number of aryl methyl sites for hydroxylation is 1. The number of hydrogen-bond acceptors (Lipinski definition) is 2. The van der Waals surface area contributed by atoms with Crippen molar-refractivity contribution in [1.29, 1.82) is 0 Å². The zero-order valence-corrected chi connectivity index (χ0v) is 12.9. The molecule has 0 radical (unpaired) electrons. The Morgan fingerprint density at radius 3 is 2.30 bits per heavy atom. The Labute approximate surface area is 125 Å². The topological polar surface area (TPSA) is 38.1 Å². The van der Waals surface area contributed by atoms with Crippen molar-refractivity contribution >= 4 is 11.6 Å². The SMILES string of the molecule is CCC(CC)(c1ccccc1)C(O)c1c(Cl)cnn1C. The Hall–Kier alpha value is -1.32. The van der Waals surface area contributed by atoms with Crippen molar-refractivity contribution in [2.24, 2.45) is 7.05 Å². The van der Waals surface area contributed by atoms with Crippen LogP contribution < -0.4 is 0 Å². The van der Waals surface area contributed by atoms with Gasteiger partial charge in [-0.3, -0.25) is 4.68 Å². The second kappa shape index (κ2) is 5.98. The highest BCUT2D eigenvalue weighted by molar-refractivity contribution is 6.31. The maximum absolute atomic E-state index is 11.0. The molecule has 3 nitrogen and oxygen atoms in total. The Morgan fingerprint density at radius 1 is 1.25 bits per heavy atom. The molecule has 1 aromatic carbocycles. The first-order valence-corrected chi connectivity index (χ1v) is 7.35. The monoisotopic (exact) mass is 292 g/mol. The van der Waals surface area contributed by atoms with Gasteiger partial charge >= 0.3 is 0 Å². The molecule has 0 saturated carbocycles. The number of rotatable bonds is 5. The van der Waals surface area contributed by atoms with Crippen molar-refractivity contribution in [2.75, 3.05) is 0 Å². The van der Waals surface area contributed by atoms with E-state index in [1.165, 1.54) is 0 Å². The quantitative estimate of drug-likeness (QED) is 0.908. The van der Waals surface area contributed by atoms with Crippen molar-refractivity contribution in [3.8, 4) is 0 Å². The predicted molar refractivity (Wildman–Crippen MR) is 81.9 cm³/mol. The van der Waals surface area contributed by atoms with Crippen molar-refractivity contribution in [3.05, 3.63) is 52.8 Å². The van der Waals surface area contributed by atoms with E-state index in [1.54, 1.807) is 10.9 Å². The molecule has 0 aliphatic heterocycles. The first-order chi connectivity index (χ1) is 9.56. The van der Waals surface area contributed by atoms with Crippen molar-refractivity contribution in [2.45, 2.75) is 38.2 Å². The molecule has 1 unspecified atom stereocenters. The molecule has 0 saturated heterocycles. The summed E-state index contributed by atoms with van der Waals surface area (Å²) in [6.07, 6.45) is 2.56. The lowest BCUT2D eigenvalue weighted by Gasteiger charge is -2.37. The Morgan fingerprint density at radius 2 is 1.85 bits per heavy atom. The second-order valence-electron chi connectivity index (χ2n) is 5.13. The molecule has 0 spiro atoms. The molecule has 0 amide bonds. The molecule has 0 aliphatic rings. The smallest absolute Gasteiger partial charge is 0.107 e. The molecule has 2 rings (SSSR count). The van der Waals surface area contributed by atoms with E-state index in [-0.39, 0.29) is 5.41 Å². The van der Waals surface area contributed by atoms with Gasteiger partial charge in [-0.05, 0) is 18.4 Å². The number of aliphatic hydroxyl groups is 1. The number of aromatic nitrogens is 2. The third-order valence-corrected chi connectivity index (χ3v) is 4.62. The van der Waals surface area contributed by atoms with Crippen LogP contribution >= 0.6 is 11.6 Å². The summed E-state index contributed by atoms with van der Waals surface area (Å²) in [6.45, 7) is 4.20. The minimum Gasteiger partial charge on any atom is -0.386 e. The van der Waals surface area contributed by atoms with Gasteiger partial charge in [-0.2, -0.15) is 5.10 Å². The molecular formula is C16H21ClN2O. The van der Waals surface area contributed by atoms with Crippen molar-refractivity contribution in [1.82, 2.24) is 9.78 Å². The second-order valence-corrected chi connectivity index (χ2v) is 5.54. The number of nitrogens with zero attached hydrogens (tertiary/aromatic N) is 2. The Kier molecular flexibility index (Phi) is 4.51.